The van der Waals surface area contributed by atoms with Gasteiger partial charge in [0.25, 0.3) is 0 Å². The Labute approximate surface area is 254 Å². The van der Waals surface area contributed by atoms with Crippen LogP contribution in [0.3, 0.4) is 0 Å². The van der Waals surface area contributed by atoms with E-state index in [-0.39, 0.29) is 23.9 Å². The molecule has 8 heteroatoms. The zero-order chi connectivity index (χ0) is 30.0. The van der Waals surface area contributed by atoms with E-state index < -0.39 is 21.1 Å². The van der Waals surface area contributed by atoms with Crippen LogP contribution in [0.5, 0.6) is 0 Å². The van der Waals surface area contributed by atoms with Gasteiger partial charge in [0.1, 0.15) is 5.37 Å². The highest BCUT2D eigenvalue weighted by atomic mass is 32.2. The van der Waals surface area contributed by atoms with E-state index in [1.165, 1.54) is 32.1 Å². The van der Waals surface area contributed by atoms with Crippen LogP contribution in [0.15, 0.2) is 83.8 Å². The molecule has 1 saturated heterocycles. The van der Waals surface area contributed by atoms with Gasteiger partial charge in [-0.1, -0.05) is 86.8 Å². The third-order valence-corrected chi connectivity index (χ3v) is 11.5. The number of pyridine rings is 1. The molecule has 224 valence electrons. The van der Waals surface area contributed by atoms with E-state index in [2.05, 4.69) is 18.3 Å². The number of carbonyl (C=O) groups excluding carboxylic acids is 1. The molecule has 1 aliphatic carbocycles. The van der Waals surface area contributed by atoms with Gasteiger partial charge in [-0.15, -0.1) is 0 Å². The maximum Gasteiger partial charge on any atom is 0.249 e. The molecule has 3 aromatic carbocycles. The van der Waals surface area contributed by atoms with Gasteiger partial charge in [0, 0.05) is 42.7 Å². The molecule has 0 radical (unpaired) electrons. The standard InChI is InChI=1S/C35H40N4O3S/c1-24(25-12-5-2-6-13-25)28-18-11-19-30-32(28)33(35(36)40)29(34(38-30)26-14-7-3-8-15-26)23-39-21-20-37-22-31(39)43(41,42)27-16-9-4-10-17-27/h3-4,7-11,14-19,24-25,31,37H,2,5-6,12-13,20-23H2,1H3,(H2,36,40)/t24-,31?/m0/s1. The second kappa shape index (κ2) is 12.6. The molecule has 3 N–H and O–H groups in total. The van der Waals surface area contributed by atoms with Crippen LogP contribution in [0, 0.1) is 5.92 Å². The van der Waals surface area contributed by atoms with Crippen molar-refractivity contribution in [2.24, 2.45) is 11.7 Å². The molecule has 1 amide bonds. The van der Waals surface area contributed by atoms with Crippen molar-refractivity contribution in [1.29, 1.82) is 0 Å². The number of fused-ring (bicyclic) bond motifs is 1. The Bertz CT molecular complexity index is 1700. The Kier molecular flexibility index (Phi) is 8.61. The molecule has 1 saturated carbocycles. The number of amides is 1. The zero-order valence-electron chi connectivity index (χ0n) is 24.7. The molecule has 4 aromatic rings. The van der Waals surface area contributed by atoms with Crippen LogP contribution in [0.2, 0.25) is 0 Å². The van der Waals surface area contributed by atoms with E-state index in [1.54, 1.807) is 24.3 Å². The molecule has 1 aromatic heterocycles. The van der Waals surface area contributed by atoms with Crippen molar-refractivity contribution in [1.82, 2.24) is 15.2 Å². The molecule has 43 heavy (non-hydrogen) atoms. The minimum absolute atomic E-state index is 0.232. The smallest absolute Gasteiger partial charge is 0.249 e. The fourth-order valence-corrected chi connectivity index (χ4v) is 8.85. The first-order valence-electron chi connectivity index (χ1n) is 15.4. The molecule has 2 aliphatic rings. The number of nitrogens with zero attached hydrogens (tertiary/aromatic N) is 2. The summed E-state index contributed by atoms with van der Waals surface area (Å²) < 4.78 is 27.8. The lowest BCUT2D eigenvalue weighted by Gasteiger charge is -2.36. The van der Waals surface area contributed by atoms with Crippen LogP contribution in [0.25, 0.3) is 22.2 Å². The van der Waals surface area contributed by atoms with Crippen LogP contribution in [0.4, 0.5) is 0 Å². The second-order valence-corrected chi connectivity index (χ2v) is 14.1. The van der Waals surface area contributed by atoms with Gasteiger partial charge >= 0.3 is 0 Å². The monoisotopic (exact) mass is 596 g/mol. The number of primary amides is 1. The minimum atomic E-state index is -3.69. The SMILES string of the molecule is C[C@H](c1cccc2nc(-c3ccccc3)c(CN3CCNCC3S(=O)(=O)c3ccccc3)c(C(N)=O)c12)C1CCCCC1. The van der Waals surface area contributed by atoms with Crippen LogP contribution in [0.1, 0.15) is 66.4 Å². The topological polar surface area (TPSA) is 105 Å². The van der Waals surface area contributed by atoms with Crippen LogP contribution < -0.4 is 11.1 Å². The number of sulfone groups is 1. The summed E-state index contributed by atoms with van der Waals surface area (Å²) in [5, 5.41) is 3.27. The number of carbonyl (C=O) groups is 1. The lowest BCUT2D eigenvalue weighted by Crippen LogP contribution is -2.54. The highest BCUT2D eigenvalue weighted by Crippen LogP contribution is 2.41. The Morgan fingerprint density at radius 2 is 1.67 bits per heavy atom. The molecule has 1 aliphatic heterocycles. The first-order chi connectivity index (χ1) is 20.9. The Hall–Kier alpha value is -3.59. The molecular formula is C35H40N4O3S. The van der Waals surface area contributed by atoms with E-state index >= 15 is 0 Å². The van der Waals surface area contributed by atoms with Crippen molar-refractivity contribution >= 4 is 26.6 Å². The molecule has 2 atom stereocenters. The number of rotatable bonds is 8. The summed E-state index contributed by atoms with van der Waals surface area (Å²) in [5.41, 5.74) is 10.8. The van der Waals surface area contributed by atoms with E-state index in [1.807, 2.05) is 53.4 Å². The molecule has 6 rings (SSSR count). The molecule has 0 bridgehead atoms. The number of nitrogens with two attached hydrogens (primary N) is 1. The predicted molar refractivity (Wildman–Crippen MR) is 171 cm³/mol. The Balaban J connectivity index is 1.54. The van der Waals surface area contributed by atoms with E-state index in [4.69, 9.17) is 10.7 Å². The zero-order valence-corrected chi connectivity index (χ0v) is 25.5. The fraction of sp³-hybridized carbons (Fsp3) is 0.371. The Morgan fingerprint density at radius 1 is 0.977 bits per heavy atom. The van der Waals surface area contributed by atoms with Crippen LogP contribution in [-0.4, -0.2) is 49.2 Å². The van der Waals surface area contributed by atoms with E-state index in [0.29, 0.717) is 35.8 Å². The maximum absolute atomic E-state index is 13.9. The number of benzene rings is 3. The third-order valence-electron chi connectivity index (χ3n) is 9.38. The predicted octanol–water partition coefficient (Wildman–Crippen LogP) is 5.89. The summed E-state index contributed by atoms with van der Waals surface area (Å²) in [6.45, 7) is 3.92. The van der Waals surface area contributed by atoms with Gasteiger partial charge in [0.2, 0.25) is 5.91 Å². The number of piperazine rings is 1. The fourth-order valence-electron chi connectivity index (χ4n) is 7.09. The summed E-state index contributed by atoms with van der Waals surface area (Å²) in [6.07, 6.45) is 6.07. The quantitative estimate of drug-likeness (QED) is 0.263. The average Bonchev–Trinajstić information content (AvgIpc) is 3.05. The molecular weight excluding hydrogens is 556 g/mol. The van der Waals surface area contributed by atoms with Gasteiger partial charge in [-0.2, -0.15) is 0 Å². The summed E-state index contributed by atoms with van der Waals surface area (Å²) in [7, 11) is -3.69. The van der Waals surface area contributed by atoms with Crippen molar-refractivity contribution in [2.75, 3.05) is 19.6 Å². The van der Waals surface area contributed by atoms with E-state index in [0.717, 1.165) is 22.0 Å². The van der Waals surface area contributed by atoms with Crippen LogP contribution in [-0.2, 0) is 16.4 Å². The summed E-state index contributed by atoms with van der Waals surface area (Å²) in [5.74, 6) is 0.260. The lowest BCUT2D eigenvalue weighted by atomic mass is 9.76. The van der Waals surface area contributed by atoms with Gasteiger partial charge < -0.3 is 11.1 Å². The number of hydrogen-bond donors (Lipinski definition) is 2. The van der Waals surface area contributed by atoms with Crippen molar-refractivity contribution < 1.29 is 13.2 Å². The number of hydrogen-bond acceptors (Lipinski definition) is 6. The highest BCUT2D eigenvalue weighted by Gasteiger charge is 2.36. The van der Waals surface area contributed by atoms with Crippen LogP contribution >= 0.6 is 0 Å². The maximum atomic E-state index is 13.9. The van der Waals surface area contributed by atoms with Gasteiger partial charge in [0.05, 0.1) is 21.7 Å². The van der Waals surface area contributed by atoms with Crippen molar-refractivity contribution in [3.05, 3.63) is 95.6 Å². The molecule has 0 spiro atoms. The number of aromatic nitrogens is 1. The van der Waals surface area contributed by atoms with Gasteiger partial charge in [-0.25, -0.2) is 13.4 Å². The lowest BCUT2D eigenvalue weighted by molar-refractivity contribution is 0.0999. The average molecular weight is 597 g/mol. The number of nitrogens with one attached hydrogen (secondary N) is 1. The first kappa shape index (κ1) is 29.5. The van der Waals surface area contributed by atoms with Crippen molar-refractivity contribution in [3.8, 4) is 11.3 Å². The van der Waals surface area contributed by atoms with Gasteiger partial charge in [-0.05, 0) is 48.4 Å². The highest BCUT2D eigenvalue weighted by molar-refractivity contribution is 7.92. The normalized spacial score (nSPS) is 19.3. The second-order valence-electron chi connectivity index (χ2n) is 12.0. The minimum Gasteiger partial charge on any atom is -0.366 e. The van der Waals surface area contributed by atoms with Gasteiger partial charge in [0.15, 0.2) is 9.84 Å². The van der Waals surface area contributed by atoms with E-state index in [9.17, 15) is 13.2 Å². The molecule has 2 heterocycles. The molecule has 2 fully saturated rings. The first-order valence-corrected chi connectivity index (χ1v) is 17.0. The summed E-state index contributed by atoms with van der Waals surface area (Å²) in [4.78, 5) is 21.0. The summed E-state index contributed by atoms with van der Waals surface area (Å²) >= 11 is 0. The Morgan fingerprint density at radius 3 is 2.37 bits per heavy atom. The van der Waals surface area contributed by atoms with Crippen molar-refractivity contribution in [3.63, 3.8) is 0 Å². The van der Waals surface area contributed by atoms with Crippen molar-refractivity contribution in [2.45, 2.75) is 61.8 Å². The molecule has 7 nitrogen and oxygen atoms in total. The third kappa shape index (κ3) is 5.84. The largest absolute Gasteiger partial charge is 0.366 e. The molecule has 1 unspecified atom stereocenters. The summed E-state index contributed by atoms with van der Waals surface area (Å²) in [6, 6.07) is 24.5. The van der Waals surface area contributed by atoms with Gasteiger partial charge in [-0.3, -0.25) is 9.69 Å².